The number of aliphatic hydroxyl groups excluding tert-OH is 2. The number of phosphoric acid groups is 1. The van der Waals surface area contributed by atoms with E-state index >= 15 is 0 Å². The molecule has 0 spiro atoms. The number of hydrogen-bond acceptors (Lipinski definition) is 9. The Morgan fingerprint density at radius 3 is 1.40 bits per heavy atom. The molecule has 3 unspecified atom stereocenters. The van der Waals surface area contributed by atoms with Crippen molar-refractivity contribution in [3.8, 4) is 0 Å². The molecular weight excluding hydrogens is 743 g/mol. The van der Waals surface area contributed by atoms with E-state index in [2.05, 4.69) is 50.3 Å². The maximum atomic E-state index is 12.6. The zero-order valence-corrected chi connectivity index (χ0v) is 37.2. The van der Waals surface area contributed by atoms with E-state index in [4.69, 9.17) is 23.6 Å². The lowest BCUT2D eigenvalue weighted by Gasteiger charge is -2.20. The number of unbranched alkanes of at least 4 members (excludes halogenated alkanes) is 23. The van der Waals surface area contributed by atoms with Gasteiger partial charge in [-0.3, -0.25) is 18.6 Å². The third-order valence-electron chi connectivity index (χ3n) is 9.77. The van der Waals surface area contributed by atoms with Crippen LogP contribution >= 0.6 is 7.82 Å². The highest BCUT2D eigenvalue weighted by Crippen LogP contribution is 2.43. The van der Waals surface area contributed by atoms with Crippen LogP contribution in [0.1, 0.15) is 206 Å². The molecular formula is C46H85O10P. The lowest BCUT2D eigenvalue weighted by atomic mass is 10.1. The number of hydrogen-bond donors (Lipinski definition) is 3. The van der Waals surface area contributed by atoms with Gasteiger partial charge in [-0.15, -0.1) is 0 Å². The van der Waals surface area contributed by atoms with Crippen molar-refractivity contribution >= 4 is 19.8 Å². The molecule has 11 heteroatoms. The number of ether oxygens (including phenoxy) is 2. The summed E-state index contributed by atoms with van der Waals surface area (Å²) in [6, 6.07) is 0. The van der Waals surface area contributed by atoms with Gasteiger partial charge in [-0.25, -0.2) is 4.57 Å². The molecule has 0 aromatic carbocycles. The highest BCUT2D eigenvalue weighted by atomic mass is 31.2. The molecule has 57 heavy (non-hydrogen) atoms. The predicted molar refractivity (Wildman–Crippen MR) is 233 cm³/mol. The summed E-state index contributed by atoms with van der Waals surface area (Å²) < 4.78 is 32.8. The van der Waals surface area contributed by atoms with E-state index in [-0.39, 0.29) is 19.4 Å². The average molecular weight is 829 g/mol. The van der Waals surface area contributed by atoms with Crippen molar-refractivity contribution in [1.29, 1.82) is 0 Å². The van der Waals surface area contributed by atoms with Gasteiger partial charge in [0.25, 0.3) is 0 Å². The number of aliphatic hydroxyl groups is 2. The molecule has 3 N–H and O–H groups in total. The molecule has 0 amide bonds. The summed E-state index contributed by atoms with van der Waals surface area (Å²) in [4.78, 5) is 35.0. The van der Waals surface area contributed by atoms with Gasteiger partial charge in [0.1, 0.15) is 12.7 Å². The molecule has 0 saturated heterocycles. The lowest BCUT2D eigenvalue weighted by Crippen LogP contribution is -2.29. The Morgan fingerprint density at radius 2 is 0.912 bits per heavy atom. The molecule has 10 nitrogen and oxygen atoms in total. The molecule has 0 aliphatic rings. The third kappa shape index (κ3) is 42.1. The maximum Gasteiger partial charge on any atom is 0.472 e. The molecule has 0 bridgehead atoms. The number of phosphoric ester groups is 1. The van der Waals surface area contributed by atoms with Crippen LogP contribution in [0.15, 0.2) is 36.5 Å². The van der Waals surface area contributed by atoms with Gasteiger partial charge in [0.15, 0.2) is 6.10 Å². The van der Waals surface area contributed by atoms with Crippen LogP contribution in [0.3, 0.4) is 0 Å². The summed E-state index contributed by atoms with van der Waals surface area (Å²) in [5.74, 6) is -0.935. The normalized spacial score (nSPS) is 14.1. The molecule has 0 aliphatic carbocycles. The maximum absolute atomic E-state index is 12.6. The Morgan fingerprint density at radius 1 is 0.526 bits per heavy atom. The molecule has 0 saturated carbocycles. The minimum absolute atomic E-state index is 0.175. The highest BCUT2D eigenvalue weighted by Gasteiger charge is 2.27. The zero-order valence-electron chi connectivity index (χ0n) is 36.3. The van der Waals surface area contributed by atoms with Crippen molar-refractivity contribution in [3.63, 3.8) is 0 Å². The van der Waals surface area contributed by atoms with Gasteiger partial charge in [0.05, 0.1) is 19.8 Å². The molecule has 0 aromatic heterocycles. The van der Waals surface area contributed by atoms with Gasteiger partial charge in [0.2, 0.25) is 0 Å². The van der Waals surface area contributed by atoms with Crippen molar-refractivity contribution in [1.82, 2.24) is 0 Å². The van der Waals surface area contributed by atoms with Crippen molar-refractivity contribution < 1.29 is 47.8 Å². The SMILES string of the molecule is CCCCC/C=C\C/C=C\CCCCCCCCCC(=O)OC(COC(=O)CCCCCCCCC/C=C\CCCCCCCC)COP(=O)(O)OCC(O)CO. The van der Waals surface area contributed by atoms with E-state index < -0.39 is 51.8 Å². The first-order valence-electron chi connectivity index (χ1n) is 22.9. The zero-order chi connectivity index (χ0) is 41.9. The number of carbonyl (C=O) groups excluding carboxylic acids is 2. The second kappa shape index (κ2) is 42.3. The lowest BCUT2D eigenvalue weighted by molar-refractivity contribution is -0.161. The average Bonchev–Trinajstić information content (AvgIpc) is 3.20. The van der Waals surface area contributed by atoms with E-state index in [1.165, 1.54) is 103 Å². The second-order valence-electron chi connectivity index (χ2n) is 15.4. The third-order valence-corrected chi connectivity index (χ3v) is 10.7. The molecule has 0 aromatic rings. The summed E-state index contributed by atoms with van der Waals surface area (Å²) in [6.07, 6.45) is 43.9. The molecule has 0 radical (unpaired) electrons. The van der Waals surface area contributed by atoms with Crippen LogP contribution in [0, 0.1) is 0 Å². The van der Waals surface area contributed by atoms with Gasteiger partial charge >= 0.3 is 19.8 Å². The van der Waals surface area contributed by atoms with Gasteiger partial charge < -0.3 is 24.6 Å². The molecule has 0 aliphatic heterocycles. The van der Waals surface area contributed by atoms with Crippen LogP contribution in [0.5, 0.6) is 0 Å². The quantitative estimate of drug-likeness (QED) is 0.0235. The summed E-state index contributed by atoms with van der Waals surface area (Å²) in [5.41, 5.74) is 0. The second-order valence-corrected chi connectivity index (χ2v) is 16.9. The minimum atomic E-state index is -4.62. The molecule has 0 fully saturated rings. The fraction of sp³-hybridized carbons (Fsp3) is 0.826. The Labute approximate surface area is 348 Å². The first-order chi connectivity index (χ1) is 27.7. The Bertz CT molecular complexity index is 1050. The molecule has 0 rings (SSSR count). The van der Waals surface area contributed by atoms with Gasteiger partial charge in [0, 0.05) is 12.8 Å². The van der Waals surface area contributed by atoms with Gasteiger partial charge in [-0.05, 0) is 70.6 Å². The van der Waals surface area contributed by atoms with Crippen LogP contribution in [-0.2, 0) is 32.7 Å². The predicted octanol–water partition coefficient (Wildman–Crippen LogP) is 12.3. The standard InChI is InChI=1S/C46H85O10P/c1-3-5-7-9-11-13-15-17-19-21-23-25-27-29-31-33-35-37-45(49)53-41-44(42-55-57(51,52)54-40-43(48)39-47)56-46(50)38-36-34-32-30-28-26-24-22-20-18-16-14-12-10-8-6-4-2/h12,14,17-20,43-44,47-48H,3-11,13,15-16,21-42H2,1-2H3,(H,51,52)/b14-12-,19-17-,20-18-. The largest absolute Gasteiger partial charge is 0.472 e. The molecule has 0 heterocycles. The van der Waals surface area contributed by atoms with Crippen LogP contribution in [0.25, 0.3) is 0 Å². The van der Waals surface area contributed by atoms with E-state index in [1.54, 1.807) is 0 Å². The summed E-state index contributed by atoms with van der Waals surface area (Å²) >= 11 is 0. The van der Waals surface area contributed by atoms with Crippen LogP contribution in [0.2, 0.25) is 0 Å². The van der Waals surface area contributed by atoms with Crippen molar-refractivity contribution in [2.45, 2.75) is 219 Å². The monoisotopic (exact) mass is 829 g/mol. The first kappa shape index (κ1) is 55.2. The summed E-state index contributed by atoms with van der Waals surface area (Å²) in [5, 5.41) is 18.3. The first-order valence-corrected chi connectivity index (χ1v) is 24.4. The van der Waals surface area contributed by atoms with Crippen molar-refractivity contribution in [2.24, 2.45) is 0 Å². The van der Waals surface area contributed by atoms with Crippen LogP contribution in [-0.4, -0.2) is 65.7 Å². The Balaban J connectivity index is 4.27. The van der Waals surface area contributed by atoms with E-state index in [1.807, 2.05) is 0 Å². The Hall–Kier alpha value is -1.81. The van der Waals surface area contributed by atoms with Crippen LogP contribution in [0.4, 0.5) is 0 Å². The topological polar surface area (TPSA) is 149 Å². The van der Waals surface area contributed by atoms with E-state index in [9.17, 15) is 24.2 Å². The van der Waals surface area contributed by atoms with Gasteiger partial charge in [-0.1, -0.05) is 159 Å². The molecule has 334 valence electrons. The summed E-state index contributed by atoms with van der Waals surface area (Å²) in [7, 11) is -4.62. The van der Waals surface area contributed by atoms with E-state index in [0.717, 1.165) is 64.2 Å². The number of esters is 2. The number of carbonyl (C=O) groups is 2. The number of allylic oxidation sites excluding steroid dienone is 6. The van der Waals surface area contributed by atoms with Crippen molar-refractivity contribution in [2.75, 3.05) is 26.4 Å². The highest BCUT2D eigenvalue weighted by molar-refractivity contribution is 7.47. The van der Waals surface area contributed by atoms with E-state index in [0.29, 0.717) is 12.8 Å². The fourth-order valence-electron chi connectivity index (χ4n) is 6.19. The van der Waals surface area contributed by atoms with Gasteiger partial charge in [-0.2, -0.15) is 0 Å². The van der Waals surface area contributed by atoms with Crippen molar-refractivity contribution in [3.05, 3.63) is 36.5 Å². The fourth-order valence-corrected chi connectivity index (χ4v) is 6.98. The number of rotatable bonds is 43. The Kier molecular flexibility index (Phi) is 41.0. The summed E-state index contributed by atoms with van der Waals surface area (Å²) in [6.45, 7) is 2.35. The van der Waals surface area contributed by atoms with Crippen LogP contribution < -0.4 is 0 Å². The minimum Gasteiger partial charge on any atom is -0.462 e. The smallest absolute Gasteiger partial charge is 0.462 e. The molecule has 3 atom stereocenters.